The standard InChI is InChI=1S/C9H15ClN2S/c1-4-7(3)12(5-2)9-11-8(10)6-13-9/h6-7H,4-5H2,1-3H3. The third-order valence-corrected chi connectivity index (χ3v) is 3.37. The maximum Gasteiger partial charge on any atom is 0.186 e. The smallest absolute Gasteiger partial charge is 0.186 e. The number of thiazole rings is 1. The van der Waals surface area contributed by atoms with Gasteiger partial charge in [0.15, 0.2) is 5.13 Å². The van der Waals surface area contributed by atoms with Crippen LogP contribution in [-0.2, 0) is 0 Å². The summed E-state index contributed by atoms with van der Waals surface area (Å²) in [5, 5.41) is 3.51. The van der Waals surface area contributed by atoms with Gasteiger partial charge in [0.05, 0.1) is 0 Å². The van der Waals surface area contributed by atoms with Gasteiger partial charge >= 0.3 is 0 Å². The van der Waals surface area contributed by atoms with Gasteiger partial charge in [-0.05, 0) is 20.3 Å². The molecule has 13 heavy (non-hydrogen) atoms. The Morgan fingerprint density at radius 2 is 2.31 bits per heavy atom. The molecule has 0 saturated carbocycles. The van der Waals surface area contributed by atoms with Crippen LogP contribution in [-0.4, -0.2) is 17.6 Å². The van der Waals surface area contributed by atoms with Crippen molar-refractivity contribution in [3.05, 3.63) is 10.5 Å². The van der Waals surface area contributed by atoms with Crippen LogP contribution in [0.4, 0.5) is 5.13 Å². The molecule has 0 fully saturated rings. The largest absolute Gasteiger partial charge is 0.346 e. The fraction of sp³-hybridized carbons (Fsp3) is 0.667. The highest BCUT2D eigenvalue weighted by Crippen LogP contribution is 2.25. The Hall–Kier alpha value is -0.280. The van der Waals surface area contributed by atoms with Crippen molar-refractivity contribution in [1.82, 2.24) is 4.98 Å². The van der Waals surface area contributed by atoms with E-state index in [2.05, 4.69) is 30.7 Å². The van der Waals surface area contributed by atoms with Crippen LogP contribution in [0, 0.1) is 0 Å². The highest BCUT2D eigenvalue weighted by atomic mass is 35.5. The third kappa shape index (κ3) is 2.58. The van der Waals surface area contributed by atoms with Crippen molar-refractivity contribution in [2.75, 3.05) is 11.4 Å². The number of nitrogens with zero attached hydrogens (tertiary/aromatic N) is 2. The van der Waals surface area contributed by atoms with Gasteiger partial charge < -0.3 is 4.90 Å². The van der Waals surface area contributed by atoms with Gasteiger partial charge in [-0.2, -0.15) is 0 Å². The van der Waals surface area contributed by atoms with Gasteiger partial charge in [0.1, 0.15) is 5.15 Å². The van der Waals surface area contributed by atoms with Crippen LogP contribution in [0.1, 0.15) is 27.2 Å². The first-order chi connectivity index (χ1) is 6.19. The van der Waals surface area contributed by atoms with Crippen LogP contribution in [0.15, 0.2) is 5.38 Å². The van der Waals surface area contributed by atoms with Crippen molar-refractivity contribution in [3.8, 4) is 0 Å². The first kappa shape index (κ1) is 10.8. The van der Waals surface area contributed by atoms with Crippen molar-refractivity contribution in [1.29, 1.82) is 0 Å². The minimum Gasteiger partial charge on any atom is -0.346 e. The second kappa shape index (κ2) is 4.82. The van der Waals surface area contributed by atoms with E-state index in [4.69, 9.17) is 11.6 Å². The molecule has 2 nitrogen and oxygen atoms in total. The monoisotopic (exact) mass is 218 g/mol. The quantitative estimate of drug-likeness (QED) is 0.770. The number of hydrogen-bond acceptors (Lipinski definition) is 3. The van der Waals surface area contributed by atoms with Gasteiger partial charge in [0, 0.05) is 18.0 Å². The average Bonchev–Trinajstić information content (AvgIpc) is 2.53. The maximum absolute atomic E-state index is 5.78. The van der Waals surface area contributed by atoms with Gasteiger partial charge in [-0.25, -0.2) is 4.98 Å². The predicted molar refractivity (Wildman–Crippen MR) is 59.9 cm³/mol. The van der Waals surface area contributed by atoms with Gasteiger partial charge in [-0.1, -0.05) is 18.5 Å². The molecule has 1 aromatic heterocycles. The summed E-state index contributed by atoms with van der Waals surface area (Å²) >= 11 is 7.39. The van der Waals surface area contributed by atoms with E-state index in [1.807, 2.05) is 5.38 Å². The lowest BCUT2D eigenvalue weighted by molar-refractivity contribution is 0.628. The van der Waals surface area contributed by atoms with Crippen molar-refractivity contribution in [3.63, 3.8) is 0 Å². The molecule has 4 heteroatoms. The Morgan fingerprint density at radius 3 is 2.69 bits per heavy atom. The van der Waals surface area contributed by atoms with E-state index in [-0.39, 0.29) is 0 Å². The topological polar surface area (TPSA) is 16.1 Å². The molecular formula is C9H15ClN2S. The van der Waals surface area contributed by atoms with E-state index in [0.29, 0.717) is 11.2 Å². The van der Waals surface area contributed by atoms with Crippen molar-refractivity contribution in [2.24, 2.45) is 0 Å². The second-order valence-electron chi connectivity index (χ2n) is 3.00. The summed E-state index contributed by atoms with van der Waals surface area (Å²) in [6.07, 6.45) is 1.13. The first-order valence-electron chi connectivity index (χ1n) is 4.56. The molecule has 1 atom stereocenters. The first-order valence-corrected chi connectivity index (χ1v) is 5.82. The number of rotatable bonds is 4. The fourth-order valence-electron chi connectivity index (χ4n) is 1.23. The van der Waals surface area contributed by atoms with Crippen LogP contribution in [0.5, 0.6) is 0 Å². The minimum absolute atomic E-state index is 0.534. The van der Waals surface area contributed by atoms with Crippen LogP contribution >= 0.6 is 22.9 Å². The normalized spacial score (nSPS) is 12.9. The summed E-state index contributed by atoms with van der Waals surface area (Å²) in [6, 6.07) is 0.534. The Kier molecular flexibility index (Phi) is 4.00. The van der Waals surface area contributed by atoms with Crippen LogP contribution in [0.25, 0.3) is 0 Å². The van der Waals surface area contributed by atoms with E-state index in [1.54, 1.807) is 11.3 Å². The van der Waals surface area contributed by atoms with Crippen molar-refractivity contribution >= 4 is 28.1 Å². The van der Waals surface area contributed by atoms with Crippen LogP contribution in [0.3, 0.4) is 0 Å². The molecule has 1 unspecified atom stereocenters. The molecule has 1 rings (SSSR count). The summed E-state index contributed by atoms with van der Waals surface area (Å²) in [5.41, 5.74) is 0. The van der Waals surface area contributed by atoms with E-state index in [9.17, 15) is 0 Å². The Bertz CT molecular complexity index is 262. The SMILES string of the molecule is CCC(C)N(CC)c1nc(Cl)cs1. The number of aromatic nitrogens is 1. The highest BCUT2D eigenvalue weighted by molar-refractivity contribution is 7.14. The van der Waals surface area contributed by atoms with Crippen LogP contribution in [0.2, 0.25) is 5.15 Å². The van der Waals surface area contributed by atoms with E-state index >= 15 is 0 Å². The number of hydrogen-bond donors (Lipinski definition) is 0. The molecule has 0 aliphatic heterocycles. The van der Waals surface area contributed by atoms with E-state index < -0.39 is 0 Å². The molecule has 0 amide bonds. The number of anilines is 1. The molecule has 0 N–H and O–H groups in total. The summed E-state index contributed by atoms with van der Waals surface area (Å²) in [5.74, 6) is 0. The highest BCUT2D eigenvalue weighted by Gasteiger charge is 2.13. The number of halogens is 1. The van der Waals surface area contributed by atoms with Crippen molar-refractivity contribution in [2.45, 2.75) is 33.2 Å². The van der Waals surface area contributed by atoms with Gasteiger partial charge in [0.25, 0.3) is 0 Å². The minimum atomic E-state index is 0.534. The zero-order valence-electron chi connectivity index (χ0n) is 8.25. The molecule has 1 heterocycles. The molecule has 0 spiro atoms. The molecule has 0 bridgehead atoms. The van der Waals surface area contributed by atoms with Gasteiger partial charge in [0.2, 0.25) is 0 Å². The summed E-state index contributed by atoms with van der Waals surface area (Å²) in [4.78, 5) is 6.54. The molecule has 0 saturated heterocycles. The fourth-order valence-corrected chi connectivity index (χ4v) is 2.35. The molecule has 0 aromatic carbocycles. The Balaban J connectivity index is 2.77. The van der Waals surface area contributed by atoms with Crippen LogP contribution < -0.4 is 4.90 Å². The second-order valence-corrected chi connectivity index (χ2v) is 4.22. The van der Waals surface area contributed by atoms with Crippen molar-refractivity contribution < 1.29 is 0 Å². The summed E-state index contributed by atoms with van der Waals surface area (Å²) in [7, 11) is 0. The summed E-state index contributed by atoms with van der Waals surface area (Å²) in [6.45, 7) is 7.52. The van der Waals surface area contributed by atoms with Gasteiger partial charge in [-0.15, -0.1) is 11.3 Å². The lowest BCUT2D eigenvalue weighted by Crippen LogP contribution is -2.32. The lowest BCUT2D eigenvalue weighted by Gasteiger charge is -2.26. The molecular weight excluding hydrogens is 204 g/mol. The summed E-state index contributed by atoms with van der Waals surface area (Å²) < 4.78 is 0. The zero-order chi connectivity index (χ0) is 9.84. The Morgan fingerprint density at radius 1 is 1.62 bits per heavy atom. The lowest BCUT2D eigenvalue weighted by atomic mass is 10.2. The molecule has 0 radical (unpaired) electrons. The molecule has 0 aliphatic carbocycles. The van der Waals surface area contributed by atoms with Gasteiger partial charge in [-0.3, -0.25) is 0 Å². The maximum atomic E-state index is 5.78. The van der Waals surface area contributed by atoms with E-state index in [1.165, 1.54) is 0 Å². The zero-order valence-corrected chi connectivity index (χ0v) is 9.82. The predicted octanol–water partition coefficient (Wildman–Crippen LogP) is 3.42. The average molecular weight is 219 g/mol. The molecule has 0 aliphatic rings. The Labute approximate surface area is 88.5 Å². The molecule has 1 aromatic rings. The molecule has 74 valence electrons. The van der Waals surface area contributed by atoms with E-state index in [0.717, 1.165) is 18.1 Å². The third-order valence-electron chi connectivity index (χ3n) is 2.17.